The fourth-order valence-electron chi connectivity index (χ4n) is 0.621. The van der Waals surface area contributed by atoms with Crippen LogP contribution in [-0.2, 0) is 0 Å². The molecule has 1 atom stereocenters. The van der Waals surface area contributed by atoms with Gasteiger partial charge in [-0.05, 0) is 19.8 Å². The molecule has 0 saturated heterocycles. The summed E-state index contributed by atoms with van der Waals surface area (Å²) < 4.78 is 0. The van der Waals surface area contributed by atoms with E-state index in [-0.39, 0.29) is 5.41 Å². The van der Waals surface area contributed by atoms with Crippen LogP contribution in [0.2, 0.25) is 0 Å². The Labute approximate surface area is 71.4 Å². The Kier molecular flexibility index (Phi) is 7.41. The second kappa shape index (κ2) is 6.22. The zero-order valence-corrected chi connectivity index (χ0v) is 8.73. The summed E-state index contributed by atoms with van der Waals surface area (Å²) in [5.41, 5.74) is -0.144. The van der Waals surface area contributed by atoms with E-state index < -0.39 is 0 Å². The van der Waals surface area contributed by atoms with Gasteiger partial charge in [0.1, 0.15) is 0 Å². The highest BCUT2D eigenvalue weighted by Gasteiger charge is 2.23. The highest BCUT2D eigenvalue weighted by atomic mass is 14.3. The van der Waals surface area contributed by atoms with Gasteiger partial charge in [0.05, 0.1) is 11.5 Å². The molecule has 1 nitrogen and oxygen atoms in total. The van der Waals surface area contributed by atoms with Gasteiger partial charge in [0, 0.05) is 0 Å². The third kappa shape index (κ3) is 4.84. The van der Waals surface area contributed by atoms with Crippen LogP contribution in [0.3, 0.4) is 0 Å². The summed E-state index contributed by atoms with van der Waals surface area (Å²) in [6.45, 7) is 12.2. The minimum absolute atomic E-state index is 0.144. The summed E-state index contributed by atoms with van der Waals surface area (Å²) in [6.07, 6.45) is 1.08. The molecule has 0 aromatic carbocycles. The Morgan fingerprint density at radius 2 is 1.73 bits per heavy atom. The molecule has 1 heteroatoms. The Morgan fingerprint density at radius 1 is 1.36 bits per heavy atom. The van der Waals surface area contributed by atoms with Crippen LogP contribution < -0.4 is 0 Å². The highest BCUT2D eigenvalue weighted by molar-refractivity contribution is 4.94. The summed E-state index contributed by atoms with van der Waals surface area (Å²) in [4.78, 5) is 0. The van der Waals surface area contributed by atoms with Crippen molar-refractivity contribution < 1.29 is 0 Å². The van der Waals surface area contributed by atoms with Crippen LogP contribution in [0.5, 0.6) is 0 Å². The van der Waals surface area contributed by atoms with E-state index in [1.165, 1.54) is 0 Å². The number of nitrogens with zero attached hydrogens (tertiary/aromatic N) is 1. The molecule has 0 aliphatic rings. The molecule has 0 radical (unpaired) electrons. The van der Waals surface area contributed by atoms with E-state index in [0.29, 0.717) is 5.92 Å². The lowest BCUT2D eigenvalue weighted by atomic mass is 9.80. The molecule has 0 saturated carbocycles. The van der Waals surface area contributed by atoms with Crippen molar-refractivity contribution in [1.29, 1.82) is 5.26 Å². The van der Waals surface area contributed by atoms with Crippen LogP contribution in [0, 0.1) is 22.7 Å². The quantitative estimate of drug-likeness (QED) is 0.597. The maximum absolute atomic E-state index is 8.65. The molecule has 11 heavy (non-hydrogen) atoms. The Balaban J connectivity index is 0. The van der Waals surface area contributed by atoms with E-state index in [9.17, 15) is 0 Å². The predicted octanol–water partition coefficient (Wildman–Crippen LogP) is 3.61. The molecule has 0 spiro atoms. The van der Waals surface area contributed by atoms with Crippen molar-refractivity contribution in [3.05, 3.63) is 0 Å². The van der Waals surface area contributed by atoms with Gasteiger partial charge in [-0.2, -0.15) is 5.26 Å². The minimum atomic E-state index is -0.144. The van der Waals surface area contributed by atoms with Crippen LogP contribution in [0.15, 0.2) is 0 Å². The van der Waals surface area contributed by atoms with Crippen LogP contribution in [0.1, 0.15) is 48.0 Å². The average molecular weight is 155 g/mol. The molecule has 0 heterocycles. The van der Waals surface area contributed by atoms with Gasteiger partial charge >= 0.3 is 0 Å². The van der Waals surface area contributed by atoms with E-state index in [4.69, 9.17) is 5.26 Å². The number of hydrogen-bond acceptors (Lipinski definition) is 1. The van der Waals surface area contributed by atoms with Crippen molar-refractivity contribution in [3.63, 3.8) is 0 Å². The molecule has 0 bridgehead atoms. The zero-order chi connectivity index (χ0) is 9.49. The third-order valence-corrected chi connectivity index (χ3v) is 2.13. The summed E-state index contributed by atoms with van der Waals surface area (Å²) in [5.74, 6) is 0.502. The van der Waals surface area contributed by atoms with Gasteiger partial charge in [-0.25, -0.2) is 0 Å². The van der Waals surface area contributed by atoms with Crippen molar-refractivity contribution >= 4 is 0 Å². The molecule has 0 N–H and O–H groups in total. The van der Waals surface area contributed by atoms with E-state index in [1.54, 1.807) is 0 Å². The molecule has 0 fully saturated rings. The average Bonchev–Trinajstić information content (AvgIpc) is 2.06. The topological polar surface area (TPSA) is 23.8 Å². The lowest BCUT2D eigenvalue weighted by molar-refractivity contribution is 0.310. The maximum atomic E-state index is 8.65. The maximum Gasteiger partial charge on any atom is 0.0686 e. The standard InChI is InChI=1S/C8H15N.C2H6/c1-5-7(2)8(3,4)6-9;1-2/h7H,5H2,1-4H3;1-2H3. The number of hydrogen-bond donors (Lipinski definition) is 0. The van der Waals surface area contributed by atoms with Gasteiger partial charge in [0.2, 0.25) is 0 Å². The van der Waals surface area contributed by atoms with E-state index in [1.807, 2.05) is 27.7 Å². The highest BCUT2D eigenvalue weighted by Crippen LogP contribution is 2.27. The van der Waals surface area contributed by atoms with Crippen molar-refractivity contribution in [2.24, 2.45) is 11.3 Å². The molecule has 0 aliphatic heterocycles. The van der Waals surface area contributed by atoms with E-state index in [0.717, 1.165) is 6.42 Å². The largest absolute Gasteiger partial charge is 0.198 e. The van der Waals surface area contributed by atoms with Crippen molar-refractivity contribution in [2.75, 3.05) is 0 Å². The van der Waals surface area contributed by atoms with Gasteiger partial charge in [0.15, 0.2) is 0 Å². The molecule has 66 valence electrons. The first-order chi connectivity index (χ1) is 5.04. The van der Waals surface area contributed by atoms with Crippen molar-refractivity contribution in [1.82, 2.24) is 0 Å². The molecule has 0 aliphatic carbocycles. The first-order valence-corrected chi connectivity index (χ1v) is 4.45. The van der Waals surface area contributed by atoms with Gasteiger partial charge in [-0.3, -0.25) is 0 Å². The predicted molar refractivity (Wildman–Crippen MR) is 50.2 cm³/mol. The van der Waals surface area contributed by atoms with Gasteiger partial charge in [-0.1, -0.05) is 34.1 Å². The van der Waals surface area contributed by atoms with Crippen molar-refractivity contribution in [3.8, 4) is 6.07 Å². The number of nitriles is 1. The monoisotopic (exact) mass is 155 g/mol. The smallest absolute Gasteiger partial charge is 0.0686 e. The minimum Gasteiger partial charge on any atom is -0.198 e. The molecule has 0 aromatic rings. The SMILES string of the molecule is CC.CCC(C)C(C)(C)C#N. The molecular weight excluding hydrogens is 134 g/mol. The lowest BCUT2D eigenvalue weighted by Gasteiger charge is -2.22. The summed E-state index contributed by atoms with van der Waals surface area (Å²) in [7, 11) is 0. The Morgan fingerprint density at radius 3 is 1.82 bits per heavy atom. The summed E-state index contributed by atoms with van der Waals surface area (Å²) in [5, 5.41) is 8.65. The van der Waals surface area contributed by atoms with Crippen molar-refractivity contribution in [2.45, 2.75) is 48.0 Å². The second-order valence-electron chi connectivity index (χ2n) is 3.14. The van der Waals surface area contributed by atoms with Crippen LogP contribution in [-0.4, -0.2) is 0 Å². The molecular formula is C10H21N. The first-order valence-electron chi connectivity index (χ1n) is 4.45. The Hall–Kier alpha value is -0.510. The third-order valence-electron chi connectivity index (χ3n) is 2.13. The Bertz CT molecular complexity index is 119. The van der Waals surface area contributed by atoms with Gasteiger partial charge < -0.3 is 0 Å². The van der Waals surface area contributed by atoms with E-state index >= 15 is 0 Å². The first kappa shape index (κ1) is 13.1. The molecule has 0 rings (SSSR count). The van der Waals surface area contributed by atoms with Gasteiger partial charge in [0.25, 0.3) is 0 Å². The zero-order valence-electron chi connectivity index (χ0n) is 8.73. The number of rotatable bonds is 2. The van der Waals surface area contributed by atoms with Crippen LogP contribution in [0.4, 0.5) is 0 Å². The fourth-order valence-corrected chi connectivity index (χ4v) is 0.621. The molecule has 0 aromatic heterocycles. The van der Waals surface area contributed by atoms with E-state index in [2.05, 4.69) is 19.9 Å². The van der Waals surface area contributed by atoms with Crippen LogP contribution in [0.25, 0.3) is 0 Å². The molecule has 0 amide bonds. The second-order valence-corrected chi connectivity index (χ2v) is 3.14. The normalized spacial score (nSPS) is 12.5. The van der Waals surface area contributed by atoms with Gasteiger partial charge in [-0.15, -0.1) is 0 Å². The summed E-state index contributed by atoms with van der Waals surface area (Å²) >= 11 is 0. The van der Waals surface area contributed by atoms with Crippen LogP contribution >= 0.6 is 0 Å². The summed E-state index contributed by atoms with van der Waals surface area (Å²) in [6, 6.07) is 2.29. The fraction of sp³-hybridized carbons (Fsp3) is 0.900. The lowest BCUT2D eigenvalue weighted by Crippen LogP contribution is -2.18. The molecule has 1 unspecified atom stereocenters.